The van der Waals surface area contributed by atoms with Crippen LogP contribution in [-0.2, 0) is 6.54 Å². The van der Waals surface area contributed by atoms with E-state index in [0.29, 0.717) is 16.9 Å². The monoisotopic (exact) mass is 286 g/mol. The van der Waals surface area contributed by atoms with E-state index >= 15 is 0 Å². The number of fused-ring (bicyclic) bond motifs is 1. The number of hydrogen-bond donors (Lipinski definition) is 1. The maximum Gasteiger partial charge on any atom is 0.178 e. The van der Waals surface area contributed by atoms with E-state index in [0.717, 1.165) is 16.7 Å². The van der Waals surface area contributed by atoms with E-state index in [9.17, 15) is 0 Å². The van der Waals surface area contributed by atoms with Gasteiger partial charge in [-0.1, -0.05) is 6.07 Å². The largest absolute Gasteiger partial charge is 0.329 e. The average molecular weight is 286 g/mol. The molecule has 1 aromatic carbocycles. The summed E-state index contributed by atoms with van der Waals surface area (Å²) in [5, 5.41) is 9.12. The molecule has 0 aliphatic rings. The van der Waals surface area contributed by atoms with Gasteiger partial charge >= 0.3 is 0 Å². The Morgan fingerprint density at radius 3 is 3.05 bits per heavy atom. The van der Waals surface area contributed by atoms with Crippen molar-refractivity contribution in [2.45, 2.75) is 13.5 Å². The molecule has 0 saturated carbocycles. The normalized spacial score (nSPS) is 10.7. The fourth-order valence-electron chi connectivity index (χ4n) is 2.05. The van der Waals surface area contributed by atoms with Gasteiger partial charge in [-0.2, -0.15) is 5.26 Å². The third-order valence-electron chi connectivity index (χ3n) is 3.08. The van der Waals surface area contributed by atoms with Gasteiger partial charge in [-0.25, -0.2) is 4.98 Å². The van der Waals surface area contributed by atoms with Crippen molar-refractivity contribution in [3.8, 4) is 6.07 Å². The first-order valence-electron chi connectivity index (χ1n) is 5.71. The van der Waals surface area contributed by atoms with E-state index in [1.165, 1.54) is 4.88 Å². The number of nitrogens with one attached hydrogen (secondary N) is 1. The molecule has 0 amide bonds. The molecule has 0 saturated heterocycles. The number of imidazole rings is 1. The Morgan fingerprint density at radius 1 is 1.53 bits per heavy atom. The van der Waals surface area contributed by atoms with Crippen molar-refractivity contribution in [3.05, 3.63) is 44.6 Å². The van der Waals surface area contributed by atoms with Crippen molar-refractivity contribution in [3.63, 3.8) is 0 Å². The lowest BCUT2D eigenvalue weighted by molar-refractivity contribution is 0.815. The number of aromatic amines is 1. The zero-order chi connectivity index (χ0) is 13.4. The third kappa shape index (κ3) is 1.97. The third-order valence-corrected chi connectivity index (χ3v) is 4.32. The van der Waals surface area contributed by atoms with Crippen LogP contribution in [0.4, 0.5) is 0 Å². The van der Waals surface area contributed by atoms with Crippen molar-refractivity contribution in [2.24, 2.45) is 0 Å². The lowest BCUT2D eigenvalue weighted by Gasteiger charge is -2.03. The first-order valence-corrected chi connectivity index (χ1v) is 7.00. The van der Waals surface area contributed by atoms with Crippen LogP contribution >= 0.6 is 23.6 Å². The van der Waals surface area contributed by atoms with E-state index in [1.807, 2.05) is 29.1 Å². The maximum atomic E-state index is 9.12. The van der Waals surface area contributed by atoms with Crippen LogP contribution in [0.3, 0.4) is 0 Å². The minimum Gasteiger partial charge on any atom is -0.329 e. The Bertz CT molecular complexity index is 848. The van der Waals surface area contributed by atoms with Crippen LogP contribution in [0.5, 0.6) is 0 Å². The van der Waals surface area contributed by atoms with Crippen molar-refractivity contribution < 1.29 is 0 Å². The molecule has 94 valence electrons. The molecule has 4 nitrogen and oxygen atoms in total. The van der Waals surface area contributed by atoms with Crippen LogP contribution in [-0.4, -0.2) is 14.5 Å². The van der Waals surface area contributed by atoms with E-state index in [2.05, 4.69) is 16.0 Å². The Balaban J connectivity index is 2.20. The molecule has 0 aliphatic heterocycles. The topological polar surface area (TPSA) is 57.4 Å². The molecular weight excluding hydrogens is 276 g/mol. The molecular formula is C13H10N4S2. The van der Waals surface area contributed by atoms with Crippen LogP contribution in [0.25, 0.3) is 11.0 Å². The van der Waals surface area contributed by atoms with Gasteiger partial charge in [-0.05, 0) is 31.3 Å². The highest BCUT2D eigenvalue weighted by Gasteiger charge is 2.10. The summed E-state index contributed by atoms with van der Waals surface area (Å²) >= 11 is 6.98. The number of nitrogens with zero attached hydrogens (tertiary/aromatic N) is 3. The number of rotatable bonds is 2. The molecule has 0 fully saturated rings. The number of H-pyrrole nitrogens is 1. The molecule has 2 heterocycles. The summed E-state index contributed by atoms with van der Waals surface area (Å²) in [7, 11) is 0. The zero-order valence-corrected chi connectivity index (χ0v) is 11.8. The number of aromatic nitrogens is 3. The number of aryl methyl sites for hydroxylation is 1. The van der Waals surface area contributed by atoms with Gasteiger partial charge in [0.05, 0.1) is 34.3 Å². The van der Waals surface area contributed by atoms with E-state index in [4.69, 9.17) is 17.5 Å². The van der Waals surface area contributed by atoms with Crippen LogP contribution in [0.2, 0.25) is 0 Å². The Kier molecular flexibility index (Phi) is 2.93. The molecule has 3 aromatic rings. The van der Waals surface area contributed by atoms with Gasteiger partial charge in [-0.3, -0.25) is 0 Å². The maximum absolute atomic E-state index is 9.12. The molecule has 2 aromatic heterocycles. The zero-order valence-electron chi connectivity index (χ0n) is 10.2. The molecule has 3 rings (SSSR count). The molecule has 0 radical (unpaired) electrons. The average Bonchev–Trinajstić information content (AvgIpc) is 2.95. The van der Waals surface area contributed by atoms with E-state index < -0.39 is 0 Å². The molecule has 0 unspecified atom stereocenters. The van der Waals surface area contributed by atoms with Crippen LogP contribution in [0, 0.1) is 23.0 Å². The summed E-state index contributed by atoms with van der Waals surface area (Å²) in [6, 6.07) is 7.81. The minimum atomic E-state index is 0.614. The van der Waals surface area contributed by atoms with Crippen LogP contribution < -0.4 is 0 Å². The molecule has 0 atom stereocenters. The predicted octanol–water partition coefficient (Wildman–Crippen LogP) is 3.38. The van der Waals surface area contributed by atoms with Gasteiger partial charge in [0.15, 0.2) is 4.77 Å². The van der Waals surface area contributed by atoms with Crippen LogP contribution in [0.1, 0.15) is 16.1 Å². The summed E-state index contributed by atoms with van der Waals surface area (Å²) < 4.78 is 2.64. The fourth-order valence-corrected chi connectivity index (χ4v) is 3.08. The second kappa shape index (κ2) is 4.61. The van der Waals surface area contributed by atoms with Crippen molar-refractivity contribution in [1.82, 2.24) is 14.5 Å². The van der Waals surface area contributed by atoms with Gasteiger partial charge < -0.3 is 9.55 Å². The molecule has 0 bridgehead atoms. The molecule has 0 spiro atoms. The lowest BCUT2D eigenvalue weighted by Crippen LogP contribution is -1.99. The lowest BCUT2D eigenvalue weighted by atomic mass is 10.2. The standard InChI is InChI=1S/C13H10N4S2/c1-8-11(19-7-15-8)6-17-10-4-2-3-9(5-14)12(10)16-13(17)18/h2-4,7H,6H2,1H3,(H,16,18). The summed E-state index contributed by atoms with van der Waals surface area (Å²) in [5.41, 5.74) is 5.24. The van der Waals surface area contributed by atoms with Crippen molar-refractivity contribution in [1.29, 1.82) is 5.26 Å². The molecule has 6 heteroatoms. The van der Waals surface area contributed by atoms with Gasteiger partial charge in [0.1, 0.15) is 6.07 Å². The first-order chi connectivity index (χ1) is 9.20. The summed E-state index contributed by atoms with van der Waals surface area (Å²) in [5.74, 6) is 0. The van der Waals surface area contributed by atoms with Crippen molar-refractivity contribution in [2.75, 3.05) is 0 Å². The van der Waals surface area contributed by atoms with Crippen LogP contribution in [0.15, 0.2) is 23.7 Å². The van der Waals surface area contributed by atoms with Gasteiger partial charge in [0.2, 0.25) is 0 Å². The van der Waals surface area contributed by atoms with Gasteiger partial charge in [0.25, 0.3) is 0 Å². The highest BCUT2D eigenvalue weighted by Crippen LogP contribution is 2.21. The quantitative estimate of drug-likeness (QED) is 0.735. The second-order valence-corrected chi connectivity index (χ2v) is 5.51. The second-order valence-electron chi connectivity index (χ2n) is 4.19. The summed E-state index contributed by atoms with van der Waals surface area (Å²) in [4.78, 5) is 8.55. The number of benzene rings is 1. The highest BCUT2D eigenvalue weighted by atomic mass is 32.1. The fraction of sp³-hybridized carbons (Fsp3) is 0.154. The highest BCUT2D eigenvalue weighted by molar-refractivity contribution is 7.71. The number of nitriles is 1. The molecule has 1 N–H and O–H groups in total. The summed E-state index contributed by atoms with van der Waals surface area (Å²) in [6.45, 7) is 2.68. The number of hydrogen-bond acceptors (Lipinski definition) is 4. The predicted molar refractivity (Wildman–Crippen MR) is 77.8 cm³/mol. The van der Waals surface area contributed by atoms with E-state index in [-0.39, 0.29) is 0 Å². The van der Waals surface area contributed by atoms with E-state index in [1.54, 1.807) is 17.4 Å². The molecule has 19 heavy (non-hydrogen) atoms. The summed E-state index contributed by atoms with van der Waals surface area (Å²) in [6.07, 6.45) is 0. The number of para-hydroxylation sites is 1. The van der Waals surface area contributed by atoms with Gasteiger partial charge in [-0.15, -0.1) is 11.3 Å². The SMILES string of the molecule is Cc1ncsc1Cn1c(=S)[nH]c2c(C#N)cccc21. The van der Waals surface area contributed by atoms with Gasteiger partial charge in [0, 0.05) is 4.88 Å². The Hall–Kier alpha value is -1.97. The number of thiazole rings is 1. The Labute approximate surface area is 119 Å². The molecule has 0 aliphatic carbocycles. The Morgan fingerprint density at radius 2 is 2.37 bits per heavy atom. The first kappa shape index (κ1) is 12.1. The smallest absolute Gasteiger partial charge is 0.178 e. The van der Waals surface area contributed by atoms with Crippen molar-refractivity contribution >= 4 is 34.6 Å². The minimum absolute atomic E-state index is 0.614.